The maximum absolute atomic E-state index is 13.1. The zero-order valence-electron chi connectivity index (χ0n) is 17.8. The fourth-order valence-corrected chi connectivity index (χ4v) is 5.15. The molecule has 1 aromatic carbocycles. The van der Waals surface area contributed by atoms with Gasteiger partial charge in [-0.15, -0.1) is 0 Å². The summed E-state index contributed by atoms with van der Waals surface area (Å²) in [6, 6.07) is 5.72. The summed E-state index contributed by atoms with van der Waals surface area (Å²) in [6.07, 6.45) is 4.11. The molecule has 1 saturated carbocycles. The van der Waals surface area contributed by atoms with E-state index in [0.29, 0.717) is 12.1 Å². The van der Waals surface area contributed by atoms with Crippen LogP contribution in [0.5, 0.6) is 5.75 Å². The quantitative estimate of drug-likeness (QED) is 0.483. The van der Waals surface area contributed by atoms with Crippen molar-refractivity contribution in [3.63, 3.8) is 0 Å². The number of rotatable bonds is 4. The van der Waals surface area contributed by atoms with Crippen molar-refractivity contribution in [2.75, 3.05) is 18.6 Å². The van der Waals surface area contributed by atoms with Gasteiger partial charge >= 0.3 is 0 Å². The van der Waals surface area contributed by atoms with Crippen LogP contribution in [0.1, 0.15) is 47.8 Å². The summed E-state index contributed by atoms with van der Waals surface area (Å²) in [5, 5.41) is 28.9. The van der Waals surface area contributed by atoms with Crippen LogP contribution in [-0.2, 0) is 6.42 Å². The van der Waals surface area contributed by atoms with Gasteiger partial charge in [-0.3, -0.25) is 30.1 Å². The van der Waals surface area contributed by atoms with Gasteiger partial charge in [0.15, 0.2) is 11.4 Å². The second-order valence-electron chi connectivity index (χ2n) is 7.98. The molecule has 8 nitrogen and oxygen atoms in total. The molecular weight excluding hydrogens is 433 g/mol. The largest absolute Gasteiger partial charge is 0.502 e. The van der Waals surface area contributed by atoms with Crippen molar-refractivity contribution in [2.24, 2.45) is 0 Å². The second-order valence-corrected chi connectivity index (χ2v) is 9.09. The summed E-state index contributed by atoms with van der Waals surface area (Å²) < 4.78 is 14.6. The van der Waals surface area contributed by atoms with E-state index < -0.39 is 22.7 Å². The van der Waals surface area contributed by atoms with Crippen LogP contribution in [0.25, 0.3) is 0 Å². The number of hydrogen-bond acceptors (Lipinski definition) is 7. The second kappa shape index (κ2) is 8.09. The molecule has 10 heteroatoms. The van der Waals surface area contributed by atoms with Gasteiger partial charge in [-0.05, 0) is 43.9 Å². The Morgan fingerprint density at radius 3 is 2.44 bits per heavy atom. The molecule has 3 N–H and O–H groups in total. The third kappa shape index (κ3) is 3.38. The van der Waals surface area contributed by atoms with Crippen LogP contribution in [0.15, 0.2) is 35.3 Å². The van der Waals surface area contributed by atoms with Crippen LogP contribution in [-0.4, -0.2) is 49.9 Å². The van der Waals surface area contributed by atoms with Crippen molar-refractivity contribution < 1.29 is 14.3 Å². The molecule has 2 heterocycles. The minimum absolute atomic E-state index is 0.0841. The van der Waals surface area contributed by atoms with E-state index in [2.05, 4.69) is 0 Å². The number of aromatic hydroxyl groups is 1. The third-order valence-corrected chi connectivity index (χ3v) is 7.07. The first-order chi connectivity index (χ1) is 15.2. The van der Waals surface area contributed by atoms with Crippen LogP contribution in [0.3, 0.4) is 0 Å². The summed E-state index contributed by atoms with van der Waals surface area (Å²) in [4.78, 5) is 27.6. The van der Waals surface area contributed by atoms with Crippen molar-refractivity contribution in [1.29, 1.82) is 10.8 Å². The van der Waals surface area contributed by atoms with Crippen LogP contribution < -0.4 is 10.4 Å². The van der Waals surface area contributed by atoms with Gasteiger partial charge in [0.1, 0.15) is 16.5 Å². The Balaban J connectivity index is 1.65. The minimum Gasteiger partial charge on any atom is -0.502 e. The highest BCUT2D eigenvalue weighted by Gasteiger charge is 2.53. The molecule has 0 atom stereocenters. The third-order valence-electron chi connectivity index (χ3n) is 6.26. The van der Waals surface area contributed by atoms with Gasteiger partial charge in [-0.2, -0.15) is 0 Å². The van der Waals surface area contributed by atoms with Crippen LogP contribution in [0.2, 0.25) is 0 Å². The number of amides is 1. The van der Waals surface area contributed by atoms with E-state index in [1.807, 2.05) is 11.9 Å². The van der Waals surface area contributed by atoms with E-state index in [4.69, 9.17) is 10.8 Å². The number of nitrogens with zero attached hydrogens (tertiary/aromatic N) is 3. The standard InChI is InChI=1S/C22H24FN5O3S/c1-3-27-21(31)17-19(30)18(29)15(12-28(17)26(2)22(27)9-4-10-22)20(25)32-16(24)11-13-5-7-14(23)8-6-13/h5-8,12,24-25,30H,3-4,9-11H2,1-2H3. The Morgan fingerprint density at radius 2 is 1.88 bits per heavy atom. The Kier molecular flexibility index (Phi) is 5.58. The number of carbonyl (C=O) groups excluding carboxylic acids is 1. The number of hydrogen-bond donors (Lipinski definition) is 3. The summed E-state index contributed by atoms with van der Waals surface area (Å²) in [6.45, 7) is 2.31. The zero-order chi connectivity index (χ0) is 23.2. The molecular formula is C22H24FN5O3S. The van der Waals surface area contributed by atoms with Crippen molar-refractivity contribution >= 4 is 27.8 Å². The number of pyridine rings is 1. The first-order valence-corrected chi connectivity index (χ1v) is 11.1. The first kappa shape index (κ1) is 22.1. The zero-order valence-corrected chi connectivity index (χ0v) is 18.6. The molecule has 0 radical (unpaired) electrons. The van der Waals surface area contributed by atoms with E-state index in [9.17, 15) is 19.1 Å². The van der Waals surface area contributed by atoms with Gasteiger partial charge in [0.05, 0.1) is 10.6 Å². The molecule has 1 fully saturated rings. The van der Waals surface area contributed by atoms with Crippen molar-refractivity contribution in [1.82, 2.24) is 9.58 Å². The lowest BCUT2D eigenvalue weighted by molar-refractivity contribution is -0.00551. The van der Waals surface area contributed by atoms with Crippen molar-refractivity contribution in [3.8, 4) is 5.75 Å². The lowest BCUT2D eigenvalue weighted by Gasteiger charge is -2.58. The van der Waals surface area contributed by atoms with Gasteiger partial charge in [0.25, 0.3) is 5.91 Å². The van der Waals surface area contributed by atoms with Crippen LogP contribution in [0, 0.1) is 16.6 Å². The Hall–Kier alpha value is -3.14. The maximum Gasteiger partial charge on any atom is 0.278 e. The maximum atomic E-state index is 13.1. The molecule has 1 aromatic heterocycles. The smallest absolute Gasteiger partial charge is 0.278 e. The lowest BCUT2D eigenvalue weighted by Crippen LogP contribution is -2.72. The minimum atomic E-state index is -0.814. The number of benzene rings is 1. The van der Waals surface area contributed by atoms with Gasteiger partial charge in [0.2, 0.25) is 5.43 Å². The number of carbonyl (C=O) groups is 1. The van der Waals surface area contributed by atoms with E-state index in [1.54, 1.807) is 24.1 Å². The summed E-state index contributed by atoms with van der Waals surface area (Å²) in [5.41, 5.74) is -0.814. The molecule has 32 heavy (non-hydrogen) atoms. The number of thioether (sulfide) groups is 1. The molecule has 0 saturated heterocycles. The molecule has 1 spiro atoms. The average Bonchev–Trinajstić information content (AvgIpc) is 2.72. The van der Waals surface area contributed by atoms with Gasteiger partial charge in [-0.25, -0.2) is 4.39 Å². The molecule has 0 unspecified atom stereocenters. The topological polar surface area (TPSA) is 113 Å². The van der Waals surface area contributed by atoms with E-state index in [1.165, 1.54) is 23.0 Å². The molecule has 1 amide bonds. The Morgan fingerprint density at radius 1 is 1.22 bits per heavy atom. The Bertz CT molecular complexity index is 1170. The molecule has 0 bridgehead atoms. The molecule has 1 aliphatic heterocycles. The van der Waals surface area contributed by atoms with E-state index in [-0.39, 0.29) is 33.6 Å². The SMILES string of the molecule is CCN1C(=O)c2c(O)c(=O)c(C(=N)SC(=N)Cc3ccc(F)cc3)cn2N(C)C12CCC2. The number of nitrogens with one attached hydrogen (secondary N) is 2. The van der Waals surface area contributed by atoms with Gasteiger partial charge < -0.3 is 10.0 Å². The summed E-state index contributed by atoms with van der Waals surface area (Å²) in [5.74, 6) is -1.47. The molecule has 2 aliphatic rings. The first-order valence-electron chi connectivity index (χ1n) is 10.3. The number of aromatic nitrogens is 1. The fraction of sp³-hybridized carbons (Fsp3) is 0.364. The lowest BCUT2D eigenvalue weighted by atomic mass is 9.81. The predicted molar refractivity (Wildman–Crippen MR) is 122 cm³/mol. The molecule has 168 valence electrons. The average molecular weight is 458 g/mol. The van der Waals surface area contributed by atoms with Crippen LogP contribution in [0.4, 0.5) is 4.39 Å². The Labute approximate surface area is 188 Å². The highest BCUT2D eigenvalue weighted by molar-refractivity contribution is 8.26. The summed E-state index contributed by atoms with van der Waals surface area (Å²) in [7, 11) is 1.80. The van der Waals surface area contributed by atoms with E-state index in [0.717, 1.165) is 31.0 Å². The number of fused-ring (bicyclic) bond motifs is 1. The predicted octanol–water partition coefficient (Wildman–Crippen LogP) is 2.90. The normalized spacial score (nSPS) is 16.7. The van der Waals surface area contributed by atoms with Crippen molar-refractivity contribution in [2.45, 2.75) is 38.3 Å². The highest BCUT2D eigenvalue weighted by Crippen LogP contribution is 2.43. The van der Waals surface area contributed by atoms with Crippen molar-refractivity contribution in [3.05, 3.63) is 63.3 Å². The molecule has 2 aromatic rings. The monoisotopic (exact) mass is 457 g/mol. The number of halogens is 1. The molecule has 4 rings (SSSR count). The summed E-state index contributed by atoms with van der Waals surface area (Å²) >= 11 is 0.787. The van der Waals surface area contributed by atoms with E-state index >= 15 is 0 Å². The van der Waals surface area contributed by atoms with Crippen LogP contribution >= 0.6 is 11.8 Å². The highest BCUT2D eigenvalue weighted by atomic mass is 32.2. The van der Waals surface area contributed by atoms with Gasteiger partial charge in [0, 0.05) is 26.2 Å². The van der Waals surface area contributed by atoms with Gasteiger partial charge in [-0.1, -0.05) is 23.9 Å². The fourth-order valence-electron chi connectivity index (χ4n) is 4.41. The molecule has 1 aliphatic carbocycles.